The van der Waals surface area contributed by atoms with Gasteiger partial charge in [0.05, 0.1) is 4.83 Å². The van der Waals surface area contributed by atoms with Crippen molar-refractivity contribution in [3.05, 3.63) is 35.1 Å². The molecule has 0 aliphatic heterocycles. The van der Waals surface area contributed by atoms with Crippen LogP contribution in [0.25, 0.3) is 0 Å². The van der Waals surface area contributed by atoms with Crippen LogP contribution in [0.1, 0.15) is 22.3 Å². The molecule has 0 saturated heterocycles. The quantitative estimate of drug-likeness (QED) is 0.640. The maximum atomic E-state index is 13.2. The Labute approximate surface area is 84.1 Å². The van der Waals surface area contributed by atoms with Gasteiger partial charge < -0.3 is 0 Å². The second kappa shape index (κ2) is 3.22. The zero-order valence-electron chi connectivity index (χ0n) is 6.89. The maximum absolute atomic E-state index is 13.2. The van der Waals surface area contributed by atoms with Gasteiger partial charge in [0, 0.05) is 5.56 Å². The molecule has 1 aliphatic rings. The van der Waals surface area contributed by atoms with Crippen LogP contribution >= 0.6 is 15.9 Å². The van der Waals surface area contributed by atoms with Crippen LogP contribution in [0.5, 0.6) is 0 Å². The summed E-state index contributed by atoms with van der Waals surface area (Å²) < 4.78 is 13.2. The standard InChI is InChI=1S/C10H8BrFO/c11-8-5-4-6-7(10(8)13)2-1-3-9(6)12/h1-3,8H,4-5H2. The van der Waals surface area contributed by atoms with Gasteiger partial charge in [0.15, 0.2) is 5.78 Å². The van der Waals surface area contributed by atoms with Gasteiger partial charge in [0.25, 0.3) is 0 Å². The summed E-state index contributed by atoms with van der Waals surface area (Å²) in [5, 5.41) is 0. The van der Waals surface area contributed by atoms with Gasteiger partial charge in [0.1, 0.15) is 5.82 Å². The average molecular weight is 243 g/mol. The molecule has 0 N–H and O–H groups in total. The van der Waals surface area contributed by atoms with Gasteiger partial charge in [-0.3, -0.25) is 4.79 Å². The molecular formula is C10H8BrFO. The summed E-state index contributed by atoms with van der Waals surface area (Å²) in [5.41, 5.74) is 1.11. The Bertz CT molecular complexity index is 362. The molecule has 1 aliphatic carbocycles. The number of fused-ring (bicyclic) bond motifs is 1. The largest absolute Gasteiger partial charge is 0.293 e. The number of hydrogen-bond acceptors (Lipinski definition) is 1. The molecule has 1 aromatic carbocycles. The lowest BCUT2D eigenvalue weighted by molar-refractivity contribution is 0.0980. The van der Waals surface area contributed by atoms with Crippen molar-refractivity contribution in [2.45, 2.75) is 17.7 Å². The Hall–Kier alpha value is -0.700. The van der Waals surface area contributed by atoms with Crippen molar-refractivity contribution in [3.63, 3.8) is 0 Å². The number of Topliss-reactive ketones (excluding diaryl/α,β-unsaturated/α-hetero) is 1. The maximum Gasteiger partial charge on any atom is 0.176 e. The summed E-state index contributed by atoms with van der Waals surface area (Å²) in [5.74, 6) is -0.258. The molecular weight excluding hydrogens is 235 g/mol. The molecule has 0 radical (unpaired) electrons. The first-order valence-corrected chi connectivity index (χ1v) is 5.07. The fourth-order valence-electron chi connectivity index (χ4n) is 1.61. The van der Waals surface area contributed by atoms with Crippen LogP contribution < -0.4 is 0 Å². The van der Waals surface area contributed by atoms with E-state index in [9.17, 15) is 9.18 Å². The van der Waals surface area contributed by atoms with E-state index >= 15 is 0 Å². The molecule has 0 saturated carbocycles. The third-order valence-corrected chi connectivity index (χ3v) is 3.19. The fraction of sp³-hybridized carbons (Fsp3) is 0.300. The molecule has 0 heterocycles. The molecule has 0 spiro atoms. The average Bonchev–Trinajstić information content (AvgIpc) is 2.12. The minimum atomic E-state index is -0.259. The van der Waals surface area contributed by atoms with E-state index in [1.165, 1.54) is 6.07 Å². The number of halogens is 2. The highest BCUT2D eigenvalue weighted by molar-refractivity contribution is 9.10. The van der Waals surface area contributed by atoms with Crippen LogP contribution in [-0.4, -0.2) is 10.6 Å². The van der Waals surface area contributed by atoms with Crippen LogP contribution in [0.4, 0.5) is 4.39 Å². The normalized spacial score (nSPS) is 21.4. The predicted molar refractivity (Wildman–Crippen MR) is 51.8 cm³/mol. The molecule has 1 aromatic rings. The highest BCUT2D eigenvalue weighted by Gasteiger charge is 2.26. The summed E-state index contributed by atoms with van der Waals surface area (Å²) in [7, 11) is 0. The topological polar surface area (TPSA) is 17.1 Å². The Morgan fingerprint density at radius 2 is 2.23 bits per heavy atom. The van der Waals surface area contributed by atoms with E-state index < -0.39 is 0 Å². The Kier molecular flexibility index (Phi) is 2.20. The monoisotopic (exact) mass is 242 g/mol. The Morgan fingerprint density at radius 3 is 3.00 bits per heavy atom. The highest BCUT2D eigenvalue weighted by atomic mass is 79.9. The first-order chi connectivity index (χ1) is 6.20. The second-order valence-electron chi connectivity index (χ2n) is 3.14. The van der Waals surface area contributed by atoms with Gasteiger partial charge >= 0.3 is 0 Å². The van der Waals surface area contributed by atoms with E-state index in [4.69, 9.17) is 0 Å². The summed E-state index contributed by atoms with van der Waals surface area (Å²) in [4.78, 5) is 11.4. The smallest absolute Gasteiger partial charge is 0.176 e. The highest BCUT2D eigenvalue weighted by Crippen LogP contribution is 2.27. The van der Waals surface area contributed by atoms with E-state index in [2.05, 4.69) is 15.9 Å². The van der Waals surface area contributed by atoms with E-state index in [0.29, 0.717) is 24.0 Å². The second-order valence-corrected chi connectivity index (χ2v) is 4.24. The van der Waals surface area contributed by atoms with Gasteiger partial charge in [-0.15, -0.1) is 0 Å². The molecule has 0 fully saturated rings. The Morgan fingerprint density at radius 1 is 1.46 bits per heavy atom. The van der Waals surface area contributed by atoms with Crippen molar-refractivity contribution in [3.8, 4) is 0 Å². The molecule has 68 valence electrons. The number of carbonyl (C=O) groups excluding carboxylic acids is 1. The fourth-order valence-corrected chi connectivity index (χ4v) is 2.09. The van der Waals surface area contributed by atoms with E-state index in [1.807, 2.05) is 0 Å². The summed E-state index contributed by atoms with van der Waals surface area (Å²) in [6.45, 7) is 0. The molecule has 0 bridgehead atoms. The molecule has 3 heteroatoms. The van der Waals surface area contributed by atoms with Gasteiger partial charge in [-0.1, -0.05) is 28.1 Å². The predicted octanol–water partition coefficient (Wildman–Crippen LogP) is 2.72. The lowest BCUT2D eigenvalue weighted by atomic mass is 9.90. The van der Waals surface area contributed by atoms with Crippen LogP contribution in [-0.2, 0) is 6.42 Å². The van der Waals surface area contributed by atoms with Crippen molar-refractivity contribution in [2.75, 3.05) is 0 Å². The van der Waals surface area contributed by atoms with Crippen molar-refractivity contribution >= 4 is 21.7 Å². The lowest BCUT2D eigenvalue weighted by Crippen LogP contribution is -2.23. The minimum Gasteiger partial charge on any atom is -0.293 e. The summed E-state index contributed by atoms with van der Waals surface area (Å²) in [6, 6.07) is 4.67. The Balaban J connectivity index is 2.55. The molecule has 1 nitrogen and oxygen atoms in total. The zero-order chi connectivity index (χ0) is 9.42. The van der Waals surface area contributed by atoms with Crippen molar-refractivity contribution in [2.24, 2.45) is 0 Å². The molecule has 2 rings (SSSR count). The number of alkyl halides is 1. The van der Waals surface area contributed by atoms with Crippen LogP contribution in [0.15, 0.2) is 18.2 Å². The van der Waals surface area contributed by atoms with E-state index in [0.717, 1.165) is 0 Å². The van der Waals surface area contributed by atoms with Gasteiger partial charge in [-0.2, -0.15) is 0 Å². The number of hydrogen-bond donors (Lipinski definition) is 0. The van der Waals surface area contributed by atoms with Crippen LogP contribution in [0.2, 0.25) is 0 Å². The first kappa shape index (κ1) is 8.88. The molecule has 0 aromatic heterocycles. The molecule has 1 unspecified atom stereocenters. The van der Waals surface area contributed by atoms with Gasteiger partial charge in [-0.25, -0.2) is 4.39 Å². The van der Waals surface area contributed by atoms with Crippen molar-refractivity contribution < 1.29 is 9.18 Å². The molecule has 0 amide bonds. The first-order valence-electron chi connectivity index (χ1n) is 4.16. The summed E-state index contributed by atoms with van der Waals surface area (Å²) >= 11 is 3.28. The lowest BCUT2D eigenvalue weighted by Gasteiger charge is -2.18. The van der Waals surface area contributed by atoms with Crippen LogP contribution in [0.3, 0.4) is 0 Å². The number of ketones is 1. The van der Waals surface area contributed by atoms with Crippen molar-refractivity contribution in [1.82, 2.24) is 0 Å². The number of benzene rings is 1. The van der Waals surface area contributed by atoms with Gasteiger partial charge in [-0.05, 0) is 24.5 Å². The summed E-state index contributed by atoms with van der Waals surface area (Å²) in [6.07, 6.45) is 1.33. The van der Waals surface area contributed by atoms with Gasteiger partial charge in [0.2, 0.25) is 0 Å². The van der Waals surface area contributed by atoms with Crippen LogP contribution in [0, 0.1) is 5.82 Å². The molecule has 1 atom stereocenters. The number of rotatable bonds is 0. The minimum absolute atomic E-state index is 0.000694. The SMILES string of the molecule is O=C1c2cccc(F)c2CCC1Br. The van der Waals surface area contributed by atoms with E-state index in [-0.39, 0.29) is 16.4 Å². The number of carbonyl (C=O) groups is 1. The zero-order valence-corrected chi connectivity index (χ0v) is 8.47. The molecule has 13 heavy (non-hydrogen) atoms. The third kappa shape index (κ3) is 1.41. The van der Waals surface area contributed by atoms with Crippen molar-refractivity contribution in [1.29, 1.82) is 0 Å². The third-order valence-electron chi connectivity index (χ3n) is 2.32. The van der Waals surface area contributed by atoms with E-state index in [1.54, 1.807) is 12.1 Å².